The van der Waals surface area contributed by atoms with Crippen LogP contribution in [-0.4, -0.2) is 31.1 Å². The van der Waals surface area contributed by atoms with Crippen LogP contribution in [0.5, 0.6) is 5.75 Å². The van der Waals surface area contributed by atoms with Crippen LogP contribution in [0.15, 0.2) is 24.3 Å². The number of hydrogen-bond acceptors (Lipinski definition) is 2. The Labute approximate surface area is 98.2 Å². The molecule has 16 heavy (non-hydrogen) atoms. The lowest BCUT2D eigenvalue weighted by Crippen LogP contribution is -2.26. The predicted molar refractivity (Wildman–Crippen MR) is 66.9 cm³/mol. The molecule has 1 fully saturated rings. The second-order valence-corrected chi connectivity index (χ2v) is 4.73. The zero-order valence-electron chi connectivity index (χ0n) is 10.3. The van der Waals surface area contributed by atoms with Crippen LogP contribution in [0.4, 0.5) is 0 Å². The molecule has 0 amide bonds. The van der Waals surface area contributed by atoms with Gasteiger partial charge >= 0.3 is 0 Å². The van der Waals surface area contributed by atoms with Crippen molar-refractivity contribution in [3.05, 3.63) is 29.8 Å². The number of hydrogen-bond donors (Lipinski definition) is 0. The summed E-state index contributed by atoms with van der Waals surface area (Å²) in [6, 6.07) is 9.00. The molecule has 0 bridgehead atoms. The molecule has 1 aromatic carbocycles. The first-order valence-corrected chi connectivity index (χ1v) is 6.15. The lowest BCUT2D eigenvalue weighted by molar-refractivity contribution is 0.233. The molecule has 2 rings (SSSR count). The first-order chi connectivity index (χ1) is 7.75. The molecule has 2 heteroatoms. The SMILES string of the molecule is Cc1cccc(OCCC2CCCN2C)c1. The van der Waals surface area contributed by atoms with E-state index in [9.17, 15) is 0 Å². The van der Waals surface area contributed by atoms with Crippen LogP contribution in [0, 0.1) is 6.92 Å². The Balaban J connectivity index is 1.75. The van der Waals surface area contributed by atoms with E-state index in [1.165, 1.54) is 24.9 Å². The van der Waals surface area contributed by atoms with E-state index in [1.807, 2.05) is 12.1 Å². The van der Waals surface area contributed by atoms with Crippen molar-refractivity contribution in [2.24, 2.45) is 0 Å². The zero-order chi connectivity index (χ0) is 11.4. The highest BCUT2D eigenvalue weighted by atomic mass is 16.5. The molecule has 0 saturated carbocycles. The van der Waals surface area contributed by atoms with Gasteiger partial charge in [0.2, 0.25) is 0 Å². The Bertz CT molecular complexity index is 337. The summed E-state index contributed by atoms with van der Waals surface area (Å²) in [6.45, 7) is 4.17. The summed E-state index contributed by atoms with van der Waals surface area (Å²) >= 11 is 0. The van der Waals surface area contributed by atoms with E-state index >= 15 is 0 Å². The van der Waals surface area contributed by atoms with Gasteiger partial charge in [-0.15, -0.1) is 0 Å². The molecule has 1 saturated heterocycles. The molecule has 0 spiro atoms. The molecule has 0 aliphatic carbocycles. The van der Waals surface area contributed by atoms with E-state index < -0.39 is 0 Å². The fraction of sp³-hybridized carbons (Fsp3) is 0.571. The van der Waals surface area contributed by atoms with Crippen LogP contribution in [-0.2, 0) is 0 Å². The fourth-order valence-electron chi connectivity index (χ4n) is 2.36. The molecule has 0 radical (unpaired) electrons. The molecule has 1 heterocycles. The lowest BCUT2D eigenvalue weighted by Gasteiger charge is -2.19. The maximum Gasteiger partial charge on any atom is 0.119 e. The summed E-state index contributed by atoms with van der Waals surface area (Å²) in [5.74, 6) is 1.00. The van der Waals surface area contributed by atoms with Gasteiger partial charge in [-0.2, -0.15) is 0 Å². The van der Waals surface area contributed by atoms with Crippen molar-refractivity contribution in [2.75, 3.05) is 20.2 Å². The largest absolute Gasteiger partial charge is 0.494 e. The minimum absolute atomic E-state index is 0.727. The molecule has 1 aliphatic rings. The van der Waals surface area contributed by atoms with Crippen molar-refractivity contribution in [1.82, 2.24) is 4.90 Å². The van der Waals surface area contributed by atoms with E-state index in [4.69, 9.17) is 4.74 Å². The van der Waals surface area contributed by atoms with Crippen molar-refractivity contribution in [2.45, 2.75) is 32.2 Å². The Hall–Kier alpha value is -1.02. The Kier molecular flexibility index (Phi) is 3.83. The van der Waals surface area contributed by atoms with Crippen molar-refractivity contribution >= 4 is 0 Å². The van der Waals surface area contributed by atoms with Gasteiger partial charge in [0.25, 0.3) is 0 Å². The highest BCUT2D eigenvalue weighted by Gasteiger charge is 2.20. The summed E-state index contributed by atoms with van der Waals surface area (Å²) in [7, 11) is 2.21. The third-order valence-electron chi connectivity index (χ3n) is 3.38. The second kappa shape index (κ2) is 5.35. The summed E-state index contributed by atoms with van der Waals surface area (Å²) < 4.78 is 5.77. The van der Waals surface area contributed by atoms with E-state index in [-0.39, 0.29) is 0 Å². The number of ether oxygens (including phenoxy) is 1. The van der Waals surface area contributed by atoms with E-state index in [0.29, 0.717) is 0 Å². The maximum absolute atomic E-state index is 5.77. The van der Waals surface area contributed by atoms with Crippen molar-refractivity contribution in [3.8, 4) is 5.75 Å². The van der Waals surface area contributed by atoms with Crippen molar-refractivity contribution in [3.63, 3.8) is 0 Å². The monoisotopic (exact) mass is 219 g/mol. The van der Waals surface area contributed by atoms with Crippen LogP contribution in [0.25, 0.3) is 0 Å². The zero-order valence-corrected chi connectivity index (χ0v) is 10.3. The molecular weight excluding hydrogens is 198 g/mol. The Morgan fingerprint density at radius 1 is 1.44 bits per heavy atom. The van der Waals surface area contributed by atoms with Gasteiger partial charge in [0.1, 0.15) is 5.75 Å². The van der Waals surface area contributed by atoms with Crippen molar-refractivity contribution in [1.29, 1.82) is 0 Å². The standard InChI is InChI=1S/C14H21NO/c1-12-5-3-7-14(11-12)16-10-8-13-6-4-9-15(13)2/h3,5,7,11,13H,4,6,8-10H2,1-2H3. The molecule has 0 aromatic heterocycles. The first-order valence-electron chi connectivity index (χ1n) is 6.15. The third kappa shape index (κ3) is 2.99. The summed E-state index contributed by atoms with van der Waals surface area (Å²) in [4.78, 5) is 2.44. The predicted octanol–water partition coefficient (Wildman–Crippen LogP) is 2.86. The van der Waals surface area contributed by atoms with Gasteiger partial charge in [-0.1, -0.05) is 12.1 Å². The molecule has 1 aromatic rings. The molecule has 88 valence electrons. The van der Waals surface area contributed by atoms with E-state index in [0.717, 1.165) is 24.8 Å². The van der Waals surface area contributed by atoms with E-state index in [2.05, 4.69) is 31.0 Å². The van der Waals surface area contributed by atoms with Gasteiger partial charge in [-0.3, -0.25) is 0 Å². The smallest absolute Gasteiger partial charge is 0.119 e. The van der Waals surface area contributed by atoms with Crippen LogP contribution in [0.2, 0.25) is 0 Å². The Morgan fingerprint density at radius 3 is 3.00 bits per heavy atom. The number of nitrogens with zero attached hydrogens (tertiary/aromatic N) is 1. The molecule has 0 N–H and O–H groups in total. The average Bonchev–Trinajstić information content (AvgIpc) is 2.65. The molecule has 2 nitrogen and oxygen atoms in total. The number of rotatable bonds is 4. The quantitative estimate of drug-likeness (QED) is 0.772. The molecule has 1 unspecified atom stereocenters. The molecule has 1 atom stereocenters. The first kappa shape index (κ1) is 11.5. The summed E-state index contributed by atoms with van der Waals surface area (Å²) in [6.07, 6.45) is 3.81. The van der Waals surface area contributed by atoms with Gasteiger partial charge in [-0.05, 0) is 57.5 Å². The van der Waals surface area contributed by atoms with Crippen molar-refractivity contribution < 1.29 is 4.74 Å². The average molecular weight is 219 g/mol. The highest BCUT2D eigenvalue weighted by Crippen LogP contribution is 2.19. The van der Waals surface area contributed by atoms with Gasteiger partial charge in [0.15, 0.2) is 0 Å². The third-order valence-corrected chi connectivity index (χ3v) is 3.38. The number of benzene rings is 1. The lowest BCUT2D eigenvalue weighted by atomic mass is 10.1. The molecule has 1 aliphatic heterocycles. The normalized spacial score (nSPS) is 21.2. The van der Waals surface area contributed by atoms with Crippen LogP contribution < -0.4 is 4.74 Å². The fourth-order valence-corrected chi connectivity index (χ4v) is 2.36. The Morgan fingerprint density at radius 2 is 2.31 bits per heavy atom. The highest BCUT2D eigenvalue weighted by molar-refractivity contribution is 5.27. The maximum atomic E-state index is 5.77. The number of aryl methyl sites for hydroxylation is 1. The van der Waals surface area contributed by atoms with E-state index in [1.54, 1.807) is 0 Å². The summed E-state index contributed by atoms with van der Waals surface area (Å²) in [5, 5.41) is 0. The van der Waals surface area contributed by atoms with Gasteiger partial charge < -0.3 is 9.64 Å². The van der Waals surface area contributed by atoms with Crippen LogP contribution in [0.1, 0.15) is 24.8 Å². The molecular formula is C14H21NO. The van der Waals surface area contributed by atoms with Crippen LogP contribution in [0.3, 0.4) is 0 Å². The summed E-state index contributed by atoms with van der Waals surface area (Å²) in [5.41, 5.74) is 1.26. The second-order valence-electron chi connectivity index (χ2n) is 4.73. The minimum Gasteiger partial charge on any atom is -0.494 e. The topological polar surface area (TPSA) is 12.5 Å². The van der Waals surface area contributed by atoms with Gasteiger partial charge in [-0.25, -0.2) is 0 Å². The van der Waals surface area contributed by atoms with Crippen LogP contribution >= 0.6 is 0 Å². The number of likely N-dealkylation sites (tertiary alicyclic amines) is 1. The minimum atomic E-state index is 0.727. The van der Waals surface area contributed by atoms with Gasteiger partial charge in [0, 0.05) is 6.04 Å². The van der Waals surface area contributed by atoms with Gasteiger partial charge in [0.05, 0.1) is 6.61 Å².